The Bertz CT molecular complexity index is 1230. The number of nitrogens with zero attached hydrogens (tertiary/aromatic N) is 3. The number of halogens is 3. The molecular weight excluding hydrogens is 567 g/mol. The highest BCUT2D eigenvalue weighted by Gasteiger charge is 2.55. The third kappa shape index (κ3) is 8.79. The Labute approximate surface area is 249 Å². The van der Waals surface area contributed by atoms with E-state index < -0.39 is 42.7 Å². The molecule has 1 aliphatic heterocycles. The van der Waals surface area contributed by atoms with E-state index in [1.807, 2.05) is 11.0 Å². The molecular formula is C30H40F3N5O5. The number of aliphatic carboxylic acids is 1. The first-order valence-corrected chi connectivity index (χ1v) is 14.7. The maximum absolute atomic E-state index is 13.5. The predicted molar refractivity (Wildman–Crippen MR) is 153 cm³/mol. The summed E-state index contributed by atoms with van der Waals surface area (Å²) in [5.41, 5.74) is 1.06. The topological polar surface area (TPSA) is 126 Å². The van der Waals surface area contributed by atoms with Crippen LogP contribution in [0.5, 0.6) is 5.75 Å². The number of nitrogens with one attached hydrogen (secondary N) is 2. The molecule has 1 amide bonds. The molecule has 0 aromatic carbocycles. The number of ether oxygens (including phenoxy) is 2. The van der Waals surface area contributed by atoms with E-state index in [9.17, 15) is 27.9 Å². The van der Waals surface area contributed by atoms with E-state index in [0.717, 1.165) is 50.2 Å². The molecule has 13 heteroatoms. The number of alkyl halides is 3. The Morgan fingerprint density at radius 2 is 2.02 bits per heavy atom. The van der Waals surface area contributed by atoms with Gasteiger partial charge in [-0.25, -0.2) is 14.2 Å². The molecule has 2 unspecified atom stereocenters. The summed E-state index contributed by atoms with van der Waals surface area (Å²) in [4.78, 5) is 36.2. The Balaban J connectivity index is 1.34. The van der Waals surface area contributed by atoms with E-state index in [0.29, 0.717) is 19.4 Å². The van der Waals surface area contributed by atoms with Gasteiger partial charge in [0.1, 0.15) is 24.3 Å². The molecule has 1 aliphatic carbocycles. The molecule has 0 spiro atoms. The number of rotatable bonds is 18. The second-order valence-corrected chi connectivity index (χ2v) is 11.1. The second kappa shape index (κ2) is 15.3. The lowest BCUT2D eigenvalue weighted by Gasteiger charge is -2.27. The van der Waals surface area contributed by atoms with Crippen molar-refractivity contribution in [3.05, 3.63) is 47.4 Å². The number of hydrogen-bond donors (Lipinski definition) is 3. The van der Waals surface area contributed by atoms with Crippen LogP contribution in [0.1, 0.15) is 55.5 Å². The average molecular weight is 608 g/mol. The highest BCUT2D eigenvalue weighted by Crippen LogP contribution is 2.50. The first kappa shape index (κ1) is 32.5. The first-order chi connectivity index (χ1) is 20.8. The predicted octanol–water partition coefficient (Wildman–Crippen LogP) is 3.74. The molecule has 43 heavy (non-hydrogen) atoms. The van der Waals surface area contributed by atoms with Crippen LogP contribution in [0.3, 0.4) is 0 Å². The summed E-state index contributed by atoms with van der Waals surface area (Å²) >= 11 is 0. The molecule has 2 atom stereocenters. The summed E-state index contributed by atoms with van der Waals surface area (Å²) in [6.07, 6.45) is 5.93. The van der Waals surface area contributed by atoms with Crippen molar-refractivity contribution < 1.29 is 37.3 Å². The van der Waals surface area contributed by atoms with Gasteiger partial charge >= 0.3 is 12.6 Å². The fraction of sp³-hybridized carbons (Fsp3) is 0.600. The van der Waals surface area contributed by atoms with Gasteiger partial charge in [-0.05, 0) is 81.7 Å². The van der Waals surface area contributed by atoms with Crippen LogP contribution in [0.2, 0.25) is 0 Å². The minimum Gasteiger partial charge on any atom is -0.480 e. The lowest BCUT2D eigenvalue weighted by molar-refractivity contribution is -0.142. The number of carboxylic acids is 1. The summed E-state index contributed by atoms with van der Waals surface area (Å²) in [7, 11) is 1.43. The highest BCUT2D eigenvalue weighted by atomic mass is 19.3. The normalized spacial score (nSPS) is 16.7. The lowest BCUT2D eigenvalue weighted by atomic mass is 9.98. The van der Waals surface area contributed by atoms with Gasteiger partial charge in [-0.3, -0.25) is 9.78 Å². The van der Waals surface area contributed by atoms with Crippen molar-refractivity contribution in [2.45, 2.75) is 75.5 Å². The highest BCUT2D eigenvalue weighted by molar-refractivity contribution is 5.94. The number of carboxylic acid groups (broad SMARTS) is 1. The van der Waals surface area contributed by atoms with Crippen molar-refractivity contribution in [3.63, 3.8) is 0 Å². The molecule has 1 saturated carbocycles. The Kier molecular flexibility index (Phi) is 11.6. The second-order valence-electron chi connectivity index (χ2n) is 11.1. The van der Waals surface area contributed by atoms with Crippen LogP contribution in [0, 0.1) is 0 Å². The molecule has 3 heterocycles. The number of fused-ring (bicyclic) bond motifs is 1. The molecule has 3 N–H and O–H groups in total. The van der Waals surface area contributed by atoms with Gasteiger partial charge in [0.25, 0.3) is 0 Å². The van der Waals surface area contributed by atoms with Crippen molar-refractivity contribution in [1.29, 1.82) is 0 Å². The third-order valence-electron chi connectivity index (χ3n) is 8.04. The van der Waals surface area contributed by atoms with Crippen LogP contribution in [-0.2, 0) is 32.6 Å². The van der Waals surface area contributed by atoms with Crippen molar-refractivity contribution in [2.24, 2.45) is 0 Å². The molecule has 0 radical (unpaired) electrons. The minimum atomic E-state index is -3.09. The van der Waals surface area contributed by atoms with Gasteiger partial charge < -0.3 is 30.1 Å². The fourth-order valence-electron chi connectivity index (χ4n) is 5.42. The van der Waals surface area contributed by atoms with E-state index in [-0.39, 0.29) is 31.0 Å². The molecule has 2 aliphatic rings. The van der Waals surface area contributed by atoms with Gasteiger partial charge in [0.15, 0.2) is 0 Å². The van der Waals surface area contributed by atoms with E-state index in [1.54, 1.807) is 0 Å². The van der Waals surface area contributed by atoms with E-state index >= 15 is 0 Å². The molecule has 10 nitrogen and oxygen atoms in total. The average Bonchev–Trinajstić information content (AvgIpc) is 3.81. The number of unbranched alkanes of at least 4 members (excludes halogenated alkanes) is 1. The summed E-state index contributed by atoms with van der Waals surface area (Å²) in [5, 5.41) is 15.8. The number of methoxy groups -OCH3 is 1. The lowest BCUT2D eigenvalue weighted by Crippen LogP contribution is -2.48. The zero-order chi connectivity index (χ0) is 30.8. The van der Waals surface area contributed by atoms with Gasteiger partial charge in [0, 0.05) is 38.6 Å². The van der Waals surface area contributed by atoms with E-state index in [1.165, 1.54) is 31.0 Å². The van der Waals surface area contributed by atoms with Crippen LogP contribution in [-0.4, -0.2) is 90.6 Å². The number of aryl methyl sites for hydroxylation is 2. The monoisotopic (exact) mass is 607 g/mol. The summed E-state index contributed by atoms with van der Waals surface area (Å²) in [6.45, 7) is -1.74. The number of aromatic nitrogens is 2. The number of pyridine rings is 2. The van der Waals surface area contributed by atoms with Crippen LogP contribution in [0.15, 0.2) is 30.5 Å². The SMILES string of the molecule is COC(CF)CN(CCCCc1ccc2c(n1)NCCC2)CCC(NC(=O)C1(c2ncccc2OC(F)F)CC1)C(=O)O. The Morgan fingerprint density at radius 1 is 1.21 bits per heavy atom. The van der Waals surface area contributed by atoms with Gasteiger partial charge in [-0.1, -0.05) is 6.07 Å². The number of carbonyl (C=O) groups excluding carboxylic acids is 1. The molecule has 2 aromatic heterocycles. The Hall–Kier alpha value is -3.45. The molecule has 236 valence electrons. The quantitative estimate of drug-likeness (QED) is 0.217. The van der Waals surface area contributed by atoms with Gasteiger partial charge in [-0.2, -0.15) is 8.78 Å². The molecule has 0 bridgehead atoms. The van der Waals surface area contributed by atoms with Crippen LogP contribution < -0.4 is 15.4 Å². The largest absolute Gasteiger partial charge is 0.480 e. The number of amides is 1. The minimum absolute atomic E-state index is 0.0561. The van der Waals surface area contributed by atoms with Crippen molar-refractivity contribution in [1.82, 2.24) is 20.2 Å². The maximum atomic E-state index is 13.5. The summed E-state index contributed by atoms with van der Waals surface area (Å²) in [5.74, 6) is -1.08. The maximum Gasteiger partial charge on any atom is 0.387 e. The number of hydrogen-bond acceptors (Lipinski definition) is 8. The van der Waals surface area contributed by atoms with E-state index in [4.69, 9.17) is 9.72 Å². The van der Waals surface area contributed by atoms with Gasteiger partial charge in [0.2, 0.25) is 5.91 Å². The Morgan fingerprint density at radius 3 is 2.72 bits per heavy atom. The smallest absolute Gasteiger partial charge is 0.387 e. The van der Waals surface area contributed by atoms with Crippen LogP contribution in [0.4, 0.5) is 19.0 Å². The van der Waals surface area contributed by atoms with Crippen molar-refractivity contribution in [2.75, 3.05) is 45.3 Å². The molecule has 0 saturated heterocycles. The zero-order valence-corrected chi connectivity index (χ0v) is 24.4. The first-order valence-electron chi connectivity index (χ1n) is 14.7. The number of anilines is 1. The number of carbonyl (C=O) groups is 2. The fourth-order valence-corrected chi connectivity index (χ4v) is 5.42. The molecule has 1 fully saturated rings. The van der Waals surface area contributed by atoms with Crippen molar-refractivity contribution >= 4 is 17.7 Å². The zero-order valence-electron chi connectivity index (χ0n) is 24.4. The van der Waals surface area contributed by atoms with Crippen LogP contribution >= 0.6 is 0 Å². The summed E-state index contributed by atoms with van der Waals surface area (Å²) in [6, 6.07) is 5.66. The van der Waals surface area contributed by atoms with Crippen LogP contribution in [0.25, 0.3) is 0 Å². The van der Waals surface area contributed by atoms with Crippen molar-refractivity contribution in [3.8, 4) is 5.75 Å². The summed E-state index contributed by atoms with van der Waals surface area (Å²) < 4.78 is 49.1. The molecule has 4 rings (SSSR count). The third-order valence-corrected chi connectivity index (χ3v) is 8.04. The molecule has 2 aromatic rings. The van der Waals surface area contributed by atoms with Gasteiger partial charge in [-0.15, -0.1) is 0 Å². The van der Waals surface area contributed by atoms with Gasteiger partial charge in [0.05, 0.1) is 17.2 Å². The van der Waals surface area contributed by atoms with E-state index in [2.05, 4.69) is 26.4 Å². The standard InChI is InChI=1S/C30H40F3N5O5/c1-42-22(18-31)19-38(16-3-2-7-21-10-9-20-6-4-15-35-26(20)36-21)17-11-23(27(39)40)37-28(41)30(12-13-30)25-24(43-29(32)33)8-5-14-34-25/h5,8-10,14,22-23,29H,2-4,6-7,11-13,15-19H2,1H3,(H,35,36)(H,37,41)(H,39,40).